The molecule has 0 radical (unpaired) electrons. The van der Waals surface area contributed by atoms with Crippen molar-refractivity contribution in [1.82, 2.24) is 10.3 Å². The highest BCUT2D eigenvalue weighted by molar-refractivity contribution is 7.09. The Morgan fingerprint density at radius 3 is 2.74 bits per heavy atom. The molecular formula is C14H16F2N2S. The van der Waals surface area contributed by atoms with Gasteiger partial charge in [0.2, 0.25) is 0 Å². The van der Waals surface area contributed by atoms with Gasteiger partial charge in [0.15, 0.2) is 0 Å². The van der Waals surface area contributed by atoms with Crippen LogP contribution in [0.2, 0.25) is 0 Å². The van der Waals surface area contributed by atoms with Gasteiger partial charge in [-0.1, -0.05) is 13.0 Å². The van der Waals surface area contributed by atoms with Gasteiger partial charge in [0.05, 0.1) is 6.04 Å². The van der Waals surface area contributed by atoms with Crippen LogP contribution < -0.4 is 5.32 Å². The van der Waals surface area contributed by atoms with E-state index in [1.807, 2.05) is 19.2 Å². The summed E-state index contributed by atoms with van der Waals surface area (Å²) in [4.78, 5) is 4.27. The molecule has 19 heavy (non-hydrogen) atoms. The number of nitrogens with zero attached hydrogens (tertiary/aromatic N) is 1. The van der Waals surface area contributed by atoms with E-state index in [4.69, 9.17) is 0 Å². The summed E-state index contributed by atoms with van der Waals surface area (Å²) < 4.78 is 26.6. The molecule has 1 aromatic heterocycles. The summed E-state index contributed by atoms with van der Waals surface area (Å²) in [7, 11) is 0. The van der Waals surface area contributed by atoms with Crippen LogP contribution in [0, 0.1) is 11.6 Å². The SMILES string of the molecule is CCC(NC(C)c1ccc(F)cc1F)c1nccs1. The van der Waals surface area contributed by atoms with Gasteiger partial charge in [0.1, 0.15) is 16.6 Å². The highest BCUT2D eigenvalue weighted by atomic mass is 32.1. The molecule has 2 unspecified atom stereocenters. The third-order valence-corrected chi connectivity index (χ3v) is 3.93. The standard InChI is InChI=1S/C14H16F2N2S/c1-3-13(14-17-6-7-19-14)18-9(2)11-5-4-10(15)8-12(11)16/h4-9,13,18H,3H2,1-2H3. The number of rotatable bonds is 5. The summed E-state index contributed by atoms with van der Waals surface area (Å²) >= 11 is 1.57. The summed E-state index contributed by atoms with van der Waals surface area (Å²) in [5.41, 5.74) is 0.469. The molecule has 0 aliphatic rings. The zero-order valence-corrected chi connectivity index (χ0v) is 11.7. The molecule has 1 N–H and O–H groups in total. The van der Waals surface area contributed by atoms with Crippen LogP contribution in [0.1, 0.15) is 42.9 Å². The lowest BCUT2D eigenvalue weighted by molar-refractivity contribution is 0.439. The summed E-state index contributed by atoms with van der Waals surface area (Å²) in [5.74, 6) is -1.07. The number of nitrogens with one attached hydrogen (secondary N) is 1. The Balaban J connectivity index is 2.13. The van der Waals surface area contributed by atoms with Gasteiger partial charge in [-0.15, -0.1) is 11.3 Å². The molecule has 0 bridgehead atoms. The van der Waals surface area contributed by atoms with E-state index < -0.39 is 11.6 Å². The quantitative estimate of drug-likeness (QED) is 0.888. The van der Waals surface area contributed by atoms with Crippen LogP contribution in [-0.4, -0.2) is 4.98 Å². The maximum absolute atomic E-state index is 13.7. The summed E-state index contributed by atoms with van der Waals surface area (Å²) in [6.07, 6.45) is 2.62. The van der Waals surface area contributed by atoms with E-state index in [9.17, 15) is 8.78 Å². The van der Waals surface area contributed by atoms with Crippen LogP contribution in [-0.2, 0) is 0 Å². The van der Waals surface area contributed by atoms with Crippen molar-refractivity contribution in [2.24, 2.45) is 0 Å². The van der Waals surface area contributed by atoms with Gasteiger partial charge < -0.3 is 5.32 Å². The maximum Gasteiger partial charge on any atom is 0.130 e. The van der Waals surface area contributed by atoms with Crippen molar-refractivity contribution in [3.8, 4) is 0 Å². The van der Waals surface area contributed by atoms with Crippen molar-refractivity contribution in [2.45, 2.75) is 32.4 Å². The zero-order valence-electron chi connectivity index (χ0n) is 10.9. The molecule has 0 aliphatic heterocycles. The van der Waals surface area contributed by atoms with Crippen LogP contribution in [0.4, 0.5) is 8.78 Å². The molecule has 0 amide bonds. The number of halogens is 2. The van der Waals surface area contributed by atoms with Crippen molar-refractivity contribution >= 4 is 11.3 Å². The Morgan fingerprint density at radius 2 is 2.16 bits per heavy atom. The number of benzene rings is 1. The number of aromatic nitrogens is 1. The molecule has 5 heteroatoms. The monoisotopic (exact) mass is 282 g/mol. The molecule has 2 rings (SSSR count). The fourth-order valence-electron chi connectivity index (χ4n) is 2.01. The van der Waals surface area contributed by atoms with Crippen LogP contribution >= 0.6 is 11.3 Å². The average molecular weight is 282 g/mol. The van der Waals surface area contributed by atoms with E-state index in [-0.39, 0.29) is 12.1 Å². The van der Waals surface area contributed by atoms with Crippen molar-refractivity contribution in [1.29, 1.82) is 0 Å². The van der Waals surface area contributed by atoms with Crippen molar-refractivity contribution < 1.29 is 8.78 Å². The molecule has 0 spiro atoms. The number of hydrogen-bond donors (Lipinski definition) is 1. The molecular weight excluding hydrogens is 266 g/mol. The average Bonchev–Trinajstić information content (AvgIpc) is 2.89. The summed E-state index contributed by atoms with van der Waals surface area (Å²) in [6.45, 7) is 3.92. The predicted octanol–water partition coefficient (Wildman–Crippen LogP) is 4.22. The van der Waals surface area contributed by atoms with E-state index in [1.165, 1.54) is 12.1 Å². The predicted molar refractivity (Wildman–Crippen MR) is 73.1 cm³/mol. The Bertz CT molecular complexity index is 528. The van der Waals surface area contributed by atoms with Gasteiger partial charge in [0.25, 0.3) is 0 Å². The Labute approximate surface area is 115 Å². The molecule has 2 atom stereocenters. The van der Waals surface area contributed by atoms with Gasteiger partial charge in [-0.05, 0) is 19.4 Å². The van der Waals surface area contributed by atoms with Crippen LogP contribution in [0.25, 0.3) is 0 Å². The smallest absolute Gasteiger partial charge is 0.130 e. The fourth-order valence-corrected chi connectivity index (χ4v) is 2.80. The lowest BCUT2D eigenvalue weighted by atomic mass is 10.1. The van der Waals surface area contributed by atoms with Crippen molar-refractivity contribution in [2.75, 3.05) is 0 Å². The normalized spacial score (nSPS) is 14.3. The van der Waals surface area contributed by atoms with E-state index in [0.29, 0.717) is 5.56 Å². The van der Waals surface area contributed by atoms with E-state index in [2.05, 4.69) is 10.3 Å². The summed E-state index contributed by atoms with van der Waals surface area (Å²) in [5, 5.41) is 6.23. The Hall–Kier alpha value is -1.33. The maximum atomic E-state index is 13.7. The Morgan fingerprint density at radius 1 is 1.37 bits per heavy atom. The number of thiazole rings is 1. The highest BCUT2D eigenvalue weighted by Crippen LogP contribution is 2.25. The van der Waals surface area contributed by atoms with Gasteiger partial charge in [-0.3, -0.25) is 0 Å². The second-order valence-corrected chi connectivity index (χ2v) is 5.31. The first kappa shape index (κ1) is 14.1. The van der Waals surface area contributed by atoms with E-state index in [0.717, 1.165) is 17.5 Å². The van der Waals surface area contributed by atoms with Crippen LogP contribution in [0.3, 0.4) is 0 Å². The highest BCUT2D eigenvalue weighted by Gasteiger charge is 2.18. The van der Waals surface area contributed by atoms with Crippen LogP contribution in [0.15, 0.2) is 29.8 Å². The third-order valence-electron chi connectivity index (χ3n) is 3.04. The molecule has 0 aliphatic carbocycles. The molecule has 1 heterocycles. The minimum absolute atomic E-state index is 0.0828. The van der Waals surface area contributed by atoms with Crippen molar-refractivity contribution in [3.05, 3.63) is 52.0 Å². The first-order valence-corrected chi connectivity index (χ1v) is 7.10. The number of hydrogen-bond acceptors (Lipinski definition) is 3. The van der Waals surface area contributed by atoms with E-state index >= 15 is 0 Å². The van der Waals surface area contributed by atoms with Gasteiger partial charge >= 0.3 is 0 Å². The first-order valence-electron chi connectivity index (χ1n) is 6.22. The fraction of sp³-hybridized carbons (Fsp3) is 0.357. The second kappa shape index (κ2) is 6.21. The lowest BCUT2D eigenvalue weighted by Gasteiger charge is -2.21. The van der Waals surface area contributed by atoms with Gasteiger partial charge in [-0.2, -0.15) is 0 Å². The topological polar surface area (TPSA) is 24.9 Å². The molecule has 2 nitrogen and oxygen atoms in total. The van der Waals surface area contributed by atoms with E-state index in [1.54, 1.807) is 17.5 Å². The molecule has 0 fully saturated rings. The molecule has 102 valence electrons. The van der Waals surface area contributed by atoms with Crippen LogP contribution in [0.5, 0.6) is 0 Å². The van der Waals surface area contributed by atoms with Crippen molar-refractivity contribution in [3.63, 3.8) is 0 Å². The lowest BCUT2D eigenvalue weighted by Crippen LogP contribution is -2.24. The minimum Gasteiger partial charge on any atom is -0.301 e. The second-order valence-electron chi connectivity index (χ2n) is 4.39. The molecule has 1 aromatic carbocycles. The van der Waals surface area contributed by atoms with Gasteiger partial charge in [0, 0.05) is 29.2 Å². The molecule has 0 saturated heterocycles. The molecule has 0 saturated carbocycles. The third kappa shape index (κ3) is 3.36. The minimum atomic E-state index is -0.555. The largest absolute Gasteiger partial charge is 0.301 e. The Kier molecular flexibility index (Phi) is 4.61. The molecule has 2 aromatic rings. The zero-order chi connectivity index (χ0) is 13.8. The first-order chi connectivity index (χ1) is 9.11. The summed E-state index contributed by atoms with van der Waals surface area (Å²) in [6, 6.07) is 3.56. The van der Waals surface area contributed by atoms with Gasteiger partial charge in [-0.25, -0.2) is 13.8 Å².